The summed E-state index contributed by atoms with van der Waals surface area (Å²) in [6.07, 6.45) is -10.2. The van der Waals surface area contributed by atoms with Gasteiger partial charge >= 0.3 is 12.4 Å². The van der Waals surface area contributed by atoms with Crippen molar-refractivity contribution in [2.24, 2.45) is 0 Å². The third-order valence-electron chi connectivity index (χ3n) is 3.93. The third-order valence-corrected chi connectivity index (χ3v) is 3.93. The van der Waals surface area contributed by atoms with Gasteiger partial charge in [0.1, 0.15) is 0 Å². The molecule has 0 bridgehead atoms. The second-order valence-corrected chi connectivity index (χ2v) is 5.59. The highest BCUT2D eigenvalue weighted by Crippen LogP contribution is 2.50. The molecule has 3 nitrogen and oxygen atoms in total. The minimum atomic E-state index is -5.90. The van der Waals surface area contributed by atoms with Gasteiger partial charge in [-0.3, -0.25) is 4.98 Å². The molecule has 0 unspecified atom stereocenters. The number of aliphatic hydroxyl groups is 1. The molecule has 2 aromatic rings. The fraction of sp³-hybridized carbons (Fsp3) is 0.353. The lowest BCUT2D eigenvalue weighted by molar-refractivity contribution is -0.376. The molecule has 0 spiro atoms. The van der Waals surface area contributed by atoms with E-state index >= 15 is 0 Å². The molecule has 26 heavy (non-hydrogen) atoms. The van der Waals surface area contributed by atoms with E-state index in [1.165, 1.54) is 0 Å². The first-order valence-electron chi connectivity index (χ1n) is 7.62. The summed E-state index contributed by atoms with van der Waals surface area (Å²) in [6.45, 7) is 2.58. The van der Waals surface area contributed by atoms with Crippen molar-refractivity contribution in [3.63, 3.8) is 0 Å². The summed E-state index contributed by atoms with van der Waals surface area (Å²) in [6, 6.07) is 8.75. The maximum atomic E-state index is 12.9. The van der Waals surface area contributed by atoms with Gasteiger partial charge in [0, 0.05) is 24.0 Å². The smallest absolute Gasteiger partial charge is 0.369 e. The van der Waals surface area contributed by atoms with Gasteiger partial charge in [0.15, 0.2) is 0 Å². The van der Waals surface area contributed by atoms with Crippen LogP contribution in [0.4, 0.5) is 32.0 Å². The van der Waals surface area contributed by atoms with E-state index in [4.69, 9.17) is 0 Å². The van der Waals surface area contributed by atoms with Crippen LogP contribution in [0.2, 0.25) is 0 Å². The van der Waals surface area contributed by atoms with Crippen molar-refractivity contribution in [2.75, 3.05) is 11.4 Å². The first kappa shape index (κ1) is 20.0. The fourth-order valence-corrected chi connectivity index (χ4v) is 2.47. The molecule has 142 valence electrons. The summed E-state index contributed by atoms with van der Waals surface area (Å²) in [5.41, 5.74) is -5.10. The molecular weight excluding hydrogens is 362 g/mol. The number of pyridine rings is 1. The van der Waals surface area contributed by atoms with E-state index in [2.05, 4.69) is 4.98 Å². The molecule has 9 heteroatoms. The topological polar surface area (TPSA) is 36.4 Å². The van der Waals surface area contributed by atoms with Gasteiger partial charge in [0.25, 0.3) is 5.60 Å². The monoisotopic (exact) mass is 378 g/mol. The number of alkyl halides is 6. The molecule has 1 aromatic heterocycles. The number of hydrogen-bond acceptors (Lipinski definition) is 3. The molecule has 1 heterocycles. The number of rotatable bonds is 5. The summed E-state index contributed by atoms with van der Waals surface area (Å²) < 4.78 is 77.5. The zero-order chi connectivity index (χ0) is 19.6. The van der Waals surface area contributed by atoms with Crippen LogP contribution in [0, 0.1) is 0 Å². The average Bonchev–Trinajstić information content (AvgIpc) is 2.58. The van der Waals surface area contributed by atoms with E-state index < -0.39 is 23.5 Å². The van der Waals surface area contributed by atoms with E-state index in [9.17, 15) is 31.4 Å². The van der Waals surface area contributed by atoms with Crippen LogP contribution in [0.5, 0.6) is 0 Å². The van der Waals surface area contributed by atoms with Crippen molar-refractivity contribution in [3.8, 4) is 0 Å². The summed E-state index contributed by atoms with van der Waals surface area (Å²) in [4.78, 5) is 5.86. The molecule has 0 radical (unpaired) electrons. The molecule has 0 aliphatic carbocycles. The Morgan fingerprint density at radius 2 is 1.50 bits per heavy atom. The lowest BCUT2D eigenvalue weighted by Gasteiger charge is -2.33. The second-order valence-electron chi connectivity index (χ2n) is 5.59. The van der Waals surface area contributed by atoms with Crippen LogP contribution >= 0.6 is 0 Å². The zero-order valence-corrected chi connectivity index (χ0v) is 13.6. The Morgan fingerprint density at radius 3 is 1.92 bits per heavy atom. The van der Waals surface area contributed by atoms with Crippen LogP contribution in [-0.4, -0.2) is 29.0 Å². The number of benzene rings is 1. The van der Waals surface area contributed by atoms with Gasteiger partial charge < -0.3 is 10.0 Å². The Kier molecular flexibility index (Phi) is 5.50. The van der Waals surface area contributed by atoms with Gasteiger partial charge in [-0.1, -0.05) is 18.2 Å². The van der Waals surface area contributed by atoms with Gasteiger partial charge in [-0.25, -0.2) is 0 Å². The number of hydrogen-bond donors (Lipinski definition) is 1. The van der Waals surface area contributed by atoms with E-state index in [0.717, 1.165) is 12.1 Å². The van der Waals surface area contributed by atoms with Gasteiger partial charge in [-0.15, -0.1) is 0 Å². The maximum Gasteiger partial charge on any atom is 0.430 e. The Balaban J connectivity index is 2.34. The number of aromatic nitrogens is 1. The predicted molar refractivity (Wildman–Crippen MR) is 83.4 cm³/mol. The van der Waals surface area contributed by atoms with Gasteiger partial charge in [-0.05, 0) is 31.2 Å². The van der Waals surface area contributed by atoms with E-state index in [0.29, 0.717) is 36.6 Å². The van der Waals surface area contributed by atoms with Crippen LogP contribution in [0.3, 0.4) is 0 Å². The quantitative estimate of drug-likeness (QED) is 0.783. The Bertz CT molecular complexity index is 699. The summed E-state index contributed by atoms with van der Waals surface area (Å²) >= 11 is 0. The van der Waals surface area contributed by atoms with Crippen LogP contribution in [0.15, 0.2) is 48.7 Å². The van der Waals surface area contributed by atoms with Gasteiger partial charge in [0.05, 0.1) is 12.2 Å². The minimum Gasteiger partial charge on any atom is -0.369 e. The van der Waals surface area contributed by atoms with E-state index in [-0.39, 0.29) is 0 Å². The molecule has 0 saturated carbocycles. The molecular formula is C17H16F6N2O. The SMILES string of the molecule is CCN(Cc1ccccn1)c1ccc(C(O)(C(F)(F)F)C(F)(F)F)cc1. The Morgan fingerprint density at radius 1 is 0.923 bits per heavy atom. The first-order valence-corrected chi connectivity index (χ1v) is 7.62. The molecule has 1 aromatic carbocycles. The lowest BCUT2D eigenvalue weighted by atomic mass is 9.92. The Labute approximate surface area is 145 Å². The van der Waals surface area contributed by atoms with Crippen molar-refractivity contribution in [1.29, 1.82) is 0 Å². The molecule has 0 fully saturated rings. The highest BCUT2D eigenvalue weighted by atomic mass is 19.4. The maximum absolute atomic E-state index is 12.9. The molecule has 0 atom stereocenters. The largest absolute Gasteiger partial charge is 0.430 e. The van der Waals surface area contributed by atoms with Crippen LogP contribution in [0.1, 0.15) is 18.2 Å². The summed E-state index contributed by atoms with van der Waals surface area (Å²) in [5, 5.41) is 9.40. The van der Waals surface area contributed by atoms with Gasteiger partial charge in [0.2, 0.25) is 0 Å². The lowest BCUT2D eigenvalue weighted by Crippen LogP contribution is -2.53. The number of anilines is 1. The number of nitrogens with zero attached hydrogens (tertiary/aromatic N) is 2. The predicted octanol–water partition coefficient (Wildman–Crippen LogP) is 4.42. The van der Waals surface area contributed by atoms with Crippen molar-refractivity contribution in [3.05, 3.63) is 59.9 Å². The summed E-state index contributed by atoms with van der Waals surface area (Å²) in [5.74, 6) is 0. The van der Waals surface area contributed by atoms with Crippen molar-refractivity contribution >= 4 is 5.69 Å². The summed E-state index contributed by atoms with van der Waals surface area (Å²) in [7, 11) is 0. The number of halogens is 6. The van der Waals surface area contributed by atoms with Crippen molar-refractivity contribution in [1.82, 2.24) is 4.98 Å². The van der Waals surface area contributed by atoms with Crippen LogP contribution < -0.4 is 4.90 Å². The van der Waals surface area contributed by atoms with Crippen molar-refractivity contribution in [2.45, 2.75) is 31.4 Å². The molecule has 0 saturated heterocycles. The zero-order valence-electron chi connectivity index (χ0n) is 13.6. The molecule has 1 N–H and O–H groups in total. The average molecular weight is 378 g/mol. The second kappa shape index (κ2) is 7.14. The van der Waals surface area contributed by atoms with E-state index in [1.54, 1.807) is 36.2 Å². The third kappa shape index (κ3) is 3.77. The molecule has 0 aliphatic rings. The van der Waals surface area contributed by atoms with Crippen LogP contribution in [-0.2, 0) is 12.1 Å². The highest BCUT2D eigenvalue weighted by molar-refractivity contribution is 5.49. The van der Waals surface area contributed by atoms with Crippen LogP contribution in [0.25, 0.3) is 0 Å². The van der Waals surface area contributed by atoms with E-state index in [1.807, 2.05) is 0 Å². The normalized spacial score (nSPS) is 12.9. The fourth-order valence-electron chi connectivity index (χ4n) is 2.47. The molecule has 0 amide bonds. The highest BCUT2D eigenvalue weighted by Gasteiger charge is 2.71. The minimum absolute atomic E-state index is 0.333. The van der Waals surface area contributed by atoms with Crippen molar-refractivity contribution < 1.29 is 31.4 Å². The molecule has 2 rings (SSSR count). The first-order chi connectivity index (χ1) is 12.0. The van der Waals surface area contributed by atoms with Gasteiger partial charge in [-0.2, -0.15) is 26.3 Å². The standard InChI is InChI=1S/C17H16F6N2O/c1-2-25(11-13-5-3-4-10-24-13)14-8-6-12(7-9-14)15(26,16(18,19)20)17(21,22)23/h3-10,26H,2,11H2,1H3. The Hall–Kier alpha value is -2.29. The molecule has 0 aliphatic heterocycles.